The number of amides is 2. The molecule has 2 atom stereocenters. The second-order valence-corrected chi connectivity index (χ2v) is 7.99. The Labute approximate surface area is 178 Å². The molecule has 4 rings (SSSR count). The minimum absolute atomic E-state index is 0.253. The largest absolute Gasteiger partial charge is 0.349 e. The van der Waals surface area contributed by atoms with Crippen molar-refractivity contribution in [3.63, 3.8) is 0 Å². The molecule has 2 aromatic carbocycles. The van der Waals surface area contributed by atoms with Crippen LogP contribution in [0.4, 0.5) is 4.39 Å². The quantitative estimate of drug-likeness (QED) is 0.681. The fraction of sp³-hybridized carbons (Fsp3) is 0.174. The Balaban J connectivity index is 1.60. The van der Waals surface area contributed by atoms with E-state index in [1.165, 1.54) is 23.9 Å². The molecule has 7 heteroatoms. The number of aromatic nitrogens is 1. The summed E-state index contributed by atoms with van der Waals surface area (Å²) in [6.07, 6.45) is 1.66. The number of halogens is 1. The summed E-state index contributed by atoms with van der Waals surface area (Å²) in [5, 5.41) is 2.43. The number of thioether (sulfide) groups is 1. The lowest BCUT2D eigenvalue weighted by atomic mass is 10.1. The normalized spacial score (nSPS) is 18.2. The van der Waals surface area contributed by atoms with Crippen LogP contribution in [0.2, 0.25) is 0 Å². The summed E-state index contributed by atoms with van der Waals surface area (Å²) < 4.78 is 13.8. The summed E-state index contributed by atoms with van der Waals surface area (Å²) in [4.78, 5) is 32.1. The summed E-state index contributed by atoms with van der Waals surface area (Å²) in [6.45, 7) is 0.277. The van der Waals surface area contributed by atoms with Crippen LogP contribution in [-0.2, 0) is 11.3 Å². The first-order valence-electron chi connectivity index (χ1n) is 9.56. The maximum Gasteiger partial charge on any atom is 0.255 e. The molecule has 3 aromatic rings. The van der Waals surface area contributed by atoms with Crippen LogP contribution >= 0.6 is 11.8 Å². The molecule has 30 heavy (non-hydrogen) atoms. The summed E-state index contributed by atoms with van der Waals surface area (Å²) in [5.41, 5.74) is 1.88. The molecule has 0 saturated carbocycles. The van der Waals surface area contributed by atoms with Crippen LogP contribution < -0.4 is 5.32 Å². The van der Waals surface area contributed by atoms with Gasteiger partial charge in [-0.1, -0.05) is 36.4 Å². The van der Waals surface area contributed by atoms with Gasteiger partial charge in [-0.2, -0.15) is 0 Å². The first-order chi connectivity index (χ1) is 14.6. The van der Waals surface area contributed by atoms with Gasteiger partial charge in [0.25, 0.3) is 5.91 Å². The molecule has 0 spiro atoms. The Morgan fingerprint density at radius 2 is 1.87 bits per heavy atom. The number of carbonyl (C=O) groups excluding carboxylic acids is 2. The molecule has 1 N–H and O–H groups in total. The summed E-state index contributed by atoms with van der Waals surface area (Å²) in [7, 11) is 0. The average Bonchev–Trinajstić information content (AvgIpc) is 3.23. The van der Waals surface area contributed by atoms with Gasteiger partial charge in [0.05, 0.1) is 12.2 Å². The number of hydrogen-bond acceptors (Lipinski definition) is 4. The van der Waals surface area contributed by atoms with Gasteiger partial charge in [0, 0.05) is 17.5 Å². The molecule has 5 nitrogen and oxygen atoms in total. The fourth-order valence-corrected chi connectivity index (χ4v) is 4.82. The number of nitrogens with one attached hydrogen (secondary N) is 1. The standard InChI is InChI=1S/C23H20FN3O2S/c24-18-10-6-9-17(13-18)23-27(22(29)16-7-2-1-3-8-16)20(15-30-23)21(28)26-14-19-11-4-5-12-25-19/h1-13,20,23H,14-15H2,(H,26,28). The van der Waals surface area contributed by atoms with Gasteiger partial charge in [0.2, 0.25) is 5.91 Å². The maximum absolute atomic E-state index is 13.8. The molecule has 2 unspecified atom stereocenters. The molecule has 1 aliphatic heterocycles. The Kier molecular flexibility index (Phi) is 6.09. The molecule has 1 aromatic heterocycles. The molecule has 1 saturated heterocycles. The van der Waals surface area contributed by atoms with Crippen molar-refractivity contribution in [3.05, 3.63) is 102 Å². The van der Waals surface area contributed by atoms with Crippen molar-refractivity contribution in [2.24, 2.45) is 0 Å². The first kappa shape index (κ1) is 20.1. The number of nitrogens with zero attached hydrogens (tertiary/aromatic N) is 2. The zero-order valence-electron chi connectivity index (χ0n) is 16.1. The van der Waals surface area contributed by atoms with E-state index in [0.29, 0.717) is 16.9 Å². The van der Waals surface area contributed by atoms with Gasteiger partial charge in [-0.05, 0) is 42.0 Å². The highest BCUT2D eigenvalue weighted by atomic mass is 32.2. The lowest BCUT2D eigenvalue weighted by molar-refractivity contribution is -0.125. The van der Waals surface area contributed by atoms with Crippen LogP contribution in [0, 0.1) is 5.82 Å². The third-order valence-electron chi connectivity index (χ3n) is 4.86. The predicted octanol–water partition coefficient (Wildman–Crippen LogP) is 3.79. The van der Waals surface area contributed by atoms with Gasteiger partial charge in [-0.25, -0.2) is 4.39 Å². The third kappa shape index (κ3) is 4.36. The second-order valence-electron chi connectivity index (χ2n) is 6.87. The monoisotopic (exact) mass is 421 g/mol. The van der Waals surface area contributed by atoms with E-state index in [-0.39, 0.29) is 24.2 Å². The molecule has 1 aliphatic rings. The van der Waals surface area contributed by atoms with Crippen LogP contribution in [0.15, 0.2) is 79.0 Å². The number of hydrogen-bond donors (Lipinski definition) is 1. The lowest BCUT2D eigenvalue weighted by Crippen LogP contribution is -2.47. The van der Waals surface area contributed by atoms with Crippen molar-refractivity contribution in [2.45, 2.75) is 18.0 Å². The fourth-order valence-electron chi connectivity index (χ4n) is 3.40. The van der Waals surface area contributed by atoms with E-state index in [9.17, 15) is 14.0 Å². The summed E-state index contributed by atoms with van der Waals surface area (Å²) >= 11 is 1.46. The van der Waals surface area contributed by atoms with E-state index in [1.807, 2.05) is 24.3 Å². The Bertz CT molecular complexity index is 1030. The number of rotatable bonds is 5. The Morgan fingerprint density at radius 1 is 1.07 bits per heavy atom. The highest BCUT2D eigenvalue weighted by Gasteiger charge is 2.42. The van der Waals surface area contributed by atoms with E-state index in [0.717, 1.165) is 5.69 Å². The Morgan fingerprint density at radius 3 is 2.60 bits per heavy atom. The number of carbonyl (C=O) groups is 2. The first-order valence-corrected chi connectivity index (χ1v) is 10.6. The zero-order chi connectivity index (χ0) is 20.9. The molecule has 152 valence electrons. The van der Waals surface area contributed by atoms with Crippen molar-refractivity contribution in [2.75, 3.05) is 5.75 Å². The number of benzene rings is 2. The van der Waals surface area contributed by atoms with Crippen LogP contribution in [0.3, 0.4) is 0 Å². The van der Waals surface area contributed by atoms with E-state index in [1.54, 1.807) is 47.5 Å². The Hall–Kier alpha value is -3.19. The molecule has 0 radical (unpaired) electrons. The summed E-state index contributed by atoms with van der Waals surface area (Å²) in [5.74, 6) is -0.458. The highest BCUT2D eigenvalue weighted by Crippen LogP contribution is 2.42. The van der Waals surface area contributed by atoms with Crippen molar-refractivity contribution in [1.82, 2.24) is 15.2 Å². The molecule has 2 amide bonds. The molecule has 2 heterocycles. The van der Waals surface area contributed by atoms with Crippen LogP contribution in [0.1, 0.15) is 27.0 Å². The van der Waals surface area contributed by atoms with Gasteiger partial charge < -0.3 is 10.2 Å². The average molecular weight is 421 g/mol. The molecule has 0 bridgehead atoms. The minimum atomic E-state index is -0.667. The van der Waals surface area contributed by atoms with E-state index in [4.69, 9.17) is 0 Å². The molecule has 1 fully saturated rings. The van der Waals surface area contributed by atoms with Crippen LogP contribution in [0.25, 0.3) is 0 Å². The van der Waals surface area contributed by atoms with E-state index < -0.39 is 11.4 Å². The SMILES string of the molecule is O=C(NCc1ccccn1)C1CSC(c2cccc(F)c2)N1C(=O)c1ccccc1. The van der Waals surface area contributed by atoms with Crippen molar-refractivity contribution in [1.29, 1.82) is 0 Å². The third-order valence-corrected chi connectivity index (χ3v) is 6.19. The van der Waals surface area contributed by atoms with Crippen molar-refractivity contribution >= 4 is 23.6 Å². The number of pyridine rings is 1. The maximum atomic E-state index is 13.8. The van der Waals surface area contributed by atoms with Crippen molar-refractivity contribution in [3.8, 4) is 0 Å². The van der Waals surface area contributed by atoms with E-state index in [2.05, 4.69) is 10.3 Å². The molecule has 0 aliphatic carbocycles. The van der Waals surface area contributed by atoms with Crippen LogP contribution in [-0.4, -0.2) is 33.5 Å². The second kappa shape index (κ2) is 9.09. The van der Waals surface area contributed by atoms with Gasteiger partial charge in [-0.15, -0.1) is 11.8 Å². The predicted molar refractivity (Wildman–Crippen MR) is 114 cm³/mol. The lowest BCUT2D eigenvalue weighted by Gasteiger charge is -2.29. The van der Waals surface area contributed by atoms with Gasteiger partial charge in [-0.3, -0.25) is 14.6 Å². The van der Waals surface area contributed by atoms with Gasteiger partial charge in [0.15, 0.2) is 0 Å². The smallest absolute Gasteiger partial charge is 0.255 e. The zero-order valence-corrected chi connectivity index (χ0v) is 16.9. The highest BCUT2D eigenvalue weighted by molar-refractivity contribution is 7.99. The summed E-state index contributed by atoms with van der Waals surface area (Å²) in [6, 6.07) is 19.8. The van der Waals surface area contributed by atoms with E-state index >= 15 is 0 Å². The van der Waals surface area contributed by atoms with Crippen molar-refractivity contribution < 1.29 is 14.0 Å². The molecular weight excluding hydrogens is 401 g/mol. The minimum Gasteiger partial charge on any atom is -0.349 e. The van der Waals surface area contributed by atoms with Gasteiger partial charge >= 0.3 is 0 Å². The van der Waals surface area contributed by atoms with Gasteiger partial charge in [0.1, 0.15) is 17.2 Å². The molecular formula is C23H20FN3O2S. The van der Waals surface area contributed by atoms with Crippen LogP contribution in [0.5, 0.6) is 0 Å². The topological polar surface area (TPSA) is 62.3 Å².